The molecule has 1 unspecified atom stereocenters. The Morgan fingerprint density at radius 3 is 2.42 bits per heavy atom. The van der Waals surface area contributed by atoms with Crippen LogP contribution in [0.15, 0.2) is 24.3 Å². The van der Waals surface area contributed by atoms with Crippen LogP contribution < -0.4 is 0 Å². The smallest absolute Gasteiger partial charge is 0.0991 e. The van der Waals surface area contributed by atoms with E-state index in [1.165, 1.54) is 12.8 Å². The number of rotatable bonds is 6. The lowest BCUT2D eigenvalue weighted by Crippen LogP contribution is -2.36. The standard InChI is InChI=1S/C16H22N2O/c1-12(2)18(10-14-3-4-14)11-16(19)15-7-5-13(9-17)6-8-15/h5-8,12,14,16,19H,3-4,10-11H2,1-2H3. The van der Waals surface area contributed by atoms with Crippen LogP contribution in [0.1, 0.15) is 43.9 Å². The van der Waals surface area contributed by atoms with E-state index in [0.29, 0.717) is 18.2 Å². The number of hydrogen-bond acceptors (Lipinski definition) is 3. The van der Waals surface area contributed by atoms with E-state index in [1.807, 2.05) is 12.1 Å². The van der Waals surface area contributed by atoms with Gasteiger partial charge in [0.05, 0.1) is 17.7 Å². The minimum Gasteiger partial charge on any atom is -0.387 e. The second-order valence-corrected chi connectivity index (χ2v) is 5.74. The predicted octanol–water partition coefficient (Wildman–Crippen LogP) is 2.71. The second kappa shape index (κ2) is 6.18. The van der Waals surface area contributed by atoms with Gasteiger partial charge in [-0.05, 0) is 50.3 Å². The SMILES string of the molecule is CC(C)N(CC1CC1)CC(O)c1ccc(C#N)cc1. The van der Waals surface area contributed by atoms with Crippen molar-refractivity contribution in [1.29, 1.82) is 5.26 Å². The molecule has 0 spiro atoms. The predicted molar refractivity (Wildman–Crippen MR) is 75.5 cm³/mol. The zero-order valence-corrected chi connectivity index (χ0v) is 11.7. The average molecular weight is 258 g/mol. The molecule has 1 aliphatic rings. The summed E-state index contributed by atoms with van der Waals surface area (Å²) in [5.41, 5.74) is 1.52. The van der Waals surface area contributed by atoms with Crippen molar-refractivity contribution in [2.75, 3.05) is 13.1 Å². The summed E-state index contributed by atoms with van der Waals surface area (Å²) >= 11 is 0. The average Bonchev–Trinajstić information content (AvgIpc) is 3.22. The van der Waals surface area contributed by atoms with Crippen molar-refractivity contribution in [2.24, 2.45) is 5.92 Å². The lowest BCUT2D eigenvalue weighted by atomic mass is 10.1. The summed E-state index contributed by atoms with van der Waals surface area (Å²) in [6.07, 6.45) is 2.18. The molecular formula is C16H22N2O. The summed E-state index contributed by atoms with van der Waals surface area (Å²) < 4.78 is 0. The molecule has 0 heterocycles. The fourth-order valence-corrected chi connectivity index (χ4v) is 2.24. The highest BCUT2D eigenvalue weighted by molar-refractivity contribution is 5.32. The van der Waals surface area contributed by atoms with Crippen molar-refractivity contribution in [1.82, 2.24) is 4.90 Å². The van der Waals surface area contributed by atoms with E-state index in [-0.39, 0.29) is 0 Å². The molecule has 1 aromatic carbocycles. The van der Waals surface area contributed by atoms with Crippen LogP contribution in [0.3, 0.4) is 0 Å². The highest BCUT2D eigenvalue weighted by atomic mass is 16.3. The van der Waals surface area contributed by atoms with Crippen LogP contribution in [-0.4, -0.2) is 29.1 Å². The first-order valence-electron chi connectivity index (χ1n) is 7.02. The van der Waals surface area contributed by atoms with E-state index in [4.69, 9.17) is 5.26 Å². The van der Waals surface area contributed by atoms with Crippen LogP contribution in [0.4, 0.5) is 0 Å². The first kappa shape index (κ1) is 14.0. The highest BCUT2D eigenvalue weighted by Crippen LogP contribution is 2.31. The van der Waals surface area contributed by atoms with Gasteiger partial charge in [0.2, 0.25) is 0 Å². The monoisotopic (exact) mass is 258 g/mol. The van der Waals surface area contributed by atoms with Gasteiger partial charge in [-0.15, -0.1) is 0 Å². The van der Waals surface area contributed by atoms with E-state index >= 15 is 0 Å². The van der Waals surface area contributed by atoms with Crippen molar-refractivity contribution in [3.8, 4) is 6.07 Å². The van der Waals surface area contributed by atoms with Crippen LogP contribution in [0, 0.1) is 17.2 Å². The van der Waals surface area contributed by atoms with Crippen LogP contribution in [0.5, 0.6) is 0 Å². The van der Waals surface area contributed by atoms with Crippen molar-refractivity contribution >= 4 is 0 Å². The molecule has 1 N–H and O–H groups in total. The molecule has 3 heteroatoms. The van der Waals surface area contributed by atoms with Gasteiger partial charge >= 0.3 is 0 Å². The summed E-state index contributed by atoms with van der Waals surface area (Å²) in [5.74, 6) is 0.829. The first-order chi connectivity index (χ1) is 9.10. The van der Waals surface area contributed by atoms with Crippen molar-refractivity contribution in [3.05, 3.63) is 35.4 Å². The molecule has 3 nitrogen and oxygen atoms in total. The zero-order valence-electron chi connectivity index (χ0n) is 11.7. The van der Waals surface area contributed by atoms with Gasteiger partial charge in [0, 0.05) is 19.1 Å². The van der Waals surface area contributed by atoms with Crippen LogP contribution in [-0.2, 0) is 0 Å². The fraction of sp³-hybridized carbons (Fsp3) is 0.562. The van der Waals surface area contributed by atoms with Crippen molar-refractivity contribution < 1.29 is 5.11 Å². The largest absolute Gasteiger partial charge is 0.387 e. The zero-order chi connectivity index (χ0) is 13.8. The summed E-state index contributed by atoms with van der Waals surface area (Å²) in [5, 5.41) is 19.1. The molecule has 1 aliphatic carbocycles. The Balaban J connectivity index is 1.96. The maximum absolute atomic E-state index is 10.3. The molecule has 1 aromatic rings. The highest BCUT2D eigenvalue weighted by Gasteiger charge is 2.26. The fourth-order valence-electron chi connectivity index (χ4n) is 2.24. The van der Waals surface area contributed by atoms with Crippen molar-refractivity contribution in [2.45, 2.75) is 38.8 Å². The van der Waals surface area contributed by atoms with E-state index in [0.717, 1.165) is 18.0 Å². The molecule has 0 bridgehead atoms. The van der Waals surface area contributed by atoms with Gasteiger partial charge in [0.15, 0.2) is 0 Å². The topological polar surface area (TPSA) is 47.3 Å². The number of aliphatic hydroxyl groups is 1. The minimum absolute atomic E-state index is 0.452. The number of benzene rings is 1. The lowest BCUT2D eigenvalue weighted by Gasteiger charge is -2.29. The molecule has 0 aliphatic heterocycles. The molecule has 0 radical (unpaired) electrons. The summed E-state index contributed by atoms with van der Waals surface area (Å²) in [6, 6.07) is 9.77. The van der Waals surface area contributed by atoms with E-state index in [9.17, 15) is 5.11 Å². The Kier molecular flexibility index (Phi) is 4.57. The lowest BCUT2D eigenvalue weighted by molar-refractivity contribution is 0.0923. The van der Waals surface area contributed by atoms with Gasteiger partial charge < -0.3 is 5.11 Å². The van der Waals surface area contributed by atoms with Gasteiger partial charge in [-0.1, -0.05) is 12.1 Å². The van der Waals surface area contributed by atoms with Gasteiger partial charge in [-0.3, -0.25) is 4.90 Å². The summed E-state index contributed by atoms with van der Waals surface area (Å²) in [7, 11) is 0. The normalized spacial score (nSPS) is 16.6. The van der Waals surface area contributed by atoms with E-state index < -0.39 is 6.10 Å². The van der Waals surface area contributed by atoms with E-state index in [2.05, 4.69) is 24.8 Å². The Morgan fingerprint density at radius 1 is 1.32 bits per heavy atom. The van der Waals surface area contributed by atoms with Gasteiger partial charge in [0.25, 0.3) is 0 Å². The molecule has 1 atom stereocenters. The number of nitriles is 1. The summed E-state index contributed by atoms with van der Waals surface area (Å²) in [6.45, 7) is 6.10. The first-order valence-corrected chi connectivity index (χ1v) is 7.02. The Labute approximate surface area is 115 Å². The van der Waals surface area contributed by atoms with Crippen LogP contribution in [0.2, 0.25) is 0 Å². The van der Waals surface area contributed by atoms with Gasteiger partial charge in [-0.2, -0.15) is 5.26 Å². The number of hydrogen-bond donors (Lipinski definition) is 1. The quantitative estimate of drug-likeness (QED) is 0.853. The molecular weight excluding hydrogens is 236 g/mol. The third-order valence-electron chi connectivity index (χ3n) is 3.75. The Morgan fingerprint density at radius 2 is 1.95 bits per heavy atom. The molecule has 102 valence electrons. The third-order valence-corrected chi connectivity index (χ3v) is 3.75. The Hall–Kier alpha value is -1.37. The van der Waals surface area contributed by atoms with Gasteiger partial charge in [-0.25, -0.2) is 0 Å². The second-order valence-electron chi connectivity index (χ2n) is 5.74. The molecule has 0 amide bonds. The number of aliphatic hydroxyl groups excluding tert-OH is 1. The summed E-state index contributed by atoms with van der Waals surface area (Å²) in [4.78, 5) is 2.35. The Bertz CT molecular complexity index is 443. The van der Waals surface area contributed by atoms with Crippen LogP contribution in [0.25, 0.3) is 0 Å². The third kappa shape index (κ3) is 4.05. The van der Waals surface area contributed by atoms with Gasteiger partial charge in [0.1, 0.15) is 0 Å². The molecule has 1 fully saturated rings. The molecule has 0 saturated heterocycles. The van der Waals surface area contributed by atoms with Crippen molar-refractivity contribution in [3.63, 3.8) is 0 Å². The maximum Gasteiger partial charge on any atom is 0.0991 e. The minimum atomic E-state index is -0.478. The molecule has 19 heavy (non-hydrogen) atoms. The number of nitrogens with zero attached hydrogens (tertiary/aromatic N) is 2. The molecule has 1 saturated carbocycles. The molecule has 2 rings (SSSR count). The maximum atomic E-state index is 10.3. The van der Waals surface area contributed by atoms with E-state index in [1.54, 1.807) is 12.1 Å². The molecule has 0 aromatic heterocycles. The van der Waals surface area contributed by atoms with Crippen LogP contribution >= 0.6 is 0 Å².